The average molecular weight is 201 g/mol. The van der Waals surface area contributed by atoms with Crippen LogP contribution in [0.25, 0.3) is 23.6 Å². The zero-order valence-corrected chi connectivity index (χ0v) is 8.63. The summed E-state index contributed by atoms with van der Waals surface area (Å²) < 4.78 is 13.7. The predicted octanol–water partition coefficient (Wildman–Crippen LogP) is 2.14. The van der Waals surface area contributed by atoms with Gasteiger partial charge in [-0.05, 0) is 19.1 Å². The average Bonchev–Trinajstić information content (AvgIpc) is 2.44. The van der Waals surface area contributed by atoms with Crippen molar-refractivity contribution < 1.29 is 4.48 Å². The lowest BCUT2D eigenvalue weighted by atomic mass is 10.2. The van der Waals surface area contributed by atoms with E-state index in [9.17, 15) is 4.48 Å². The molecule has 0 unspecified atom stereocenters. The Morgan fingerprint density at radius 3 is 2.73 bits per heavy atom. The van der Waals surface area contributed by atoms with Crippen molar-refractivity contribution >= 4 is 23.6 Å². The molecule has 2 heteroatoms. The summed E-state index contributed by atoms with van der Waals surface area (Å²) in [7, 11) is 0. The van der Waals surface area contributed by atoms with Crippen LogP contribution < -0.4 is 10.6 Å². The molecular formula is C13H12FN. The molecule has 1 nitrogen and oxygen atoms in total. The second-order valence-electron chi connectivity index (χ2n) is 3.65. The van der Waals surface area contributed by atoms with Gasteiger partial charge in [0.1, 0.15) is 0 Å². The van der Waals surface area contributed by atoms with Crippen LogP contribution in [0.5, 0.6) is 0 Å². The van der Waals surface area contributed by atoms with Crippen LogP contribution in [0.2, 0.25) is 0 Å². The predicted molar refractivity (Wildman–Crippen MR) is 62.5 cm³/mol. The Morgan fingerprint density at radius 1 is 1.40 bits per heavy atom. The number of para-hydroxylation sites is 1. The molecule has 1 heterocycles. The summed E-state index contributed by atoms with van der Waals surface area (Å²) in [5.74, 6) is 0. The zero-order chi connectivity index (χ0) is 11.0. The molecule has 0 fully saturated rings. The molecule has 2 rings (SSSR count). The minimum Gasteiger partial charge on any atom is -0.179 e. The van der Waals surface area contributed by atoms with Gasteiger partial charge in [0.15, 0.2) is 0 Å². The number of aromatic nitrogens is 1. The first-order chi connectivity index (χ1) is 7.11. The zero-order valence-electron chi connectivity index (χ0n) is 8.63. The molecular weight excluding hydrogens is 189 g/mol. The van der Waals surface area contributed by atoms with Gasteiger partial charge >= 0.3 is 0 Å². The highest BCUT2D eigenvalue weighted by Crippen LogP contribution is 2.08. The van der Waals surface area contributed by atoms with E-state index in [0.717, 1.165) is 16.2 Å². The molecule has 0 saturated heterocycles. The largest absolute Gasteiger partial charge is 0.179 e. The third-order valence-corrected chi connectivity index (χ3v) is 2.34. The number of hydrogen-bond donors (Lipinski definition) is 0. The number of hydrogen-bond acceptors (Lipinski definition) is 0. The lowest BCUT2D eigenvalue weighted by Gasteiger charge is -1.89. The summed E-state index contributed by atoms with van der Waals surface area (Å²) in [6.45, 7) is 9.40. The van der Waals surface area contributed by atoms with Crippen molar-refractivity contribution in [2.24, 2.45) is 0 Å². The van der Waals surface area contributed by atoms with Crippen molar-refractivity contribution in [3.8, 4) is 0 Å². The normalized spacial score (nSPS) is 12.3. The van der Waals surface area contributed by atoms with E-state index in [1.54, 1.807) is 6.07 Å². The first-order valence-corrected chi connectivity index (χ1v) is 4.73. The van der Waals surface area contributed by atoms with Gasteiger partial charge in [0.2, 0.25) is 0 Å². The Morgan fingerprint density at radius 2 is 2.07 bits per heavy atom. The molecule has 15 heavy (non-hydrogen) atoms. The maximum atomic E-state index is 13.7. The van der Waals surface area contributed by atoms with Crippen LogP contribution >= 0.6 is 0 Å². The lowest BCUT2D eigenvalue weighted by molar-refractivity contribution is 0.376. The van der Waals surface area contributed by atoms with Crippen LogP contribution in [0.1, 0.15) is 6.92 Å². The van der Waals surface area contributed by atoms with E-state index < -0.39 is 0 Å². The summed E-state index contributed by atoms with van der Waals surface area (Å²) >= 11 is 0. The minimum atomic E-state index is 0.374. The highest BCUT2D eigenvalue weighted by atomic mass is 19.2. The monoisotopic (exact) mass is 201 g/mol. The van der Waals surface area contributed by atoms with Crippen LogP contribution in [0.15, 0.2) is 36.4 Å². The fraction of sp³-hybridized carbons (Fsp3) is 0.0769. The van der Waals surface area contributed by atoms with Gasteiger partial charge in [-0.25, -0.2) is 0 Å². The number of halogens is 1. The maximum Gasteiger partial charge on any atom is 0.0826 e. The number of allylic oxidation sites excluding steroid dienone is 1. The van der Waals surface area contributed by atoms with Gasteiger partial charge in [-0.2, -0.15) is 4.79 Å². The SMILES string of the molecule is C=C(C)/C=c1\c(=C)n(F)c2ccccc12. The molecule has 2 aromatic rings. The summed E-state index contributed by atoms with van der Waals surface area (Å²) in [5.41, 5.74) is 1.44. The molecule has 0 aliphatic carbocycles. The van der Waals surface area contributed by atoms with Crippen molar-refractivity contribution in [1.82, 2.24) is 4.79 Å². The standard InChI is InChI=1S/C13H12FN/c1-9(2)8-12-10(3)15(14)13-7-5-4-6-11(12)13/h4-8H,1,3H2,2H3/b12-8+. The fourth-order valence-corrected chi connectivity index (χ4v) is 1.69. The van der Waals surface area contributed by atoms with Crippen molar-refractivity contribution in [2.45, 2.75) is 6.92 Å². The maximum absolute atomic E-state index is 13.7. The Bertz CT molecular complexity index is 634. The number of rotatable bonds is 1. The number of fused-ring (bicyclic) bond motifs is 1. The molecule has 1 aromatic heterocycles. The van der Waals surface area contributed by atoms with Gasteiger partial charge in [0.25, 0.3) is 0 Å². The highest BCUT2D eigenvalue weighted by Gasteiger charge is 2.04. The number of benzene rings is 1. The quantitative estimate of drug-likeness (QED) is 0.666. The van der Waals surface area contributed by atoms with Crippen LogP contribution in [-0.2, 0) is 0 Å². The Balaban J connectivity index is 3.03. The van der Waals surface area contributed by atoms with Crippen molar-refractivity contribution in [2.75, 3.05) is 0 Å². The Kier molecular flexibility index (Phi) is 2.19. The molecule has 0 aliphatic heterocycles. The van der Waals surface area contributed by atoms with Gasteiger partial charge in [-0.3, -0.25) is 0 Å². The summed E-state index contributed by atoms with van der Waals surface area (Å²) in [4.78, 5) is 0.615. The molecule has 0 saturated carbocycles. The van der Waals surface area contributed by atoms with E-state index in [0.29, 0.717) is 15.7 Å². The van der Waals surface area contributed by atoms with E-state index in [1.807, 2.05) is 31.2 Å². The molecule has 76 valence electrons. The van der Waals surface area contributed by atoms with Crippen LogP contribution in [0.3, 0.4) is 0 Å². The van der Waals surface area contributed by atoms with Crippen molar-refractivity contribution in [1.29, 1.82) is 0 Å². The van der Waals surface area contributed by atoms with E-state index in [2.05, 4.69) is 13.2 Å². The van der Waals surface area contributed by atoms with Crippen LogP contribution in [0, 0.1) is 0 Å². The van der Waals surface area contributed by atoms with Gasteiger partial charge < -0.3 is 0 Å². The van der Waals surface area contributed by atoms with Crippen LogP contribution in [-0.4, -0.2) is 4.79 Å². The first-order valence-electron chi connectivity index (χ1n) is 4.73. The Labute approximate surface area is 87.4 Å². The minimum absolute atomic E-state index is 0.374. The molecule has 0 N–H and O–H groups in total. The smallest absolute Gasteiger partial charge is 0.0826 e. The van der Waals surface area contributed by atoms with E-state index >= 15 is 0 Å². The highest BCUT2D eigenvalue weighted by molar-refractivity contribution is 5.82. The molecule has 0 amide bonds. The second kappa shape index (κ2) is 3.39. The van der Waals surface area contributed by atoms with Crippen LogP contribution in [0.4, 0.5) is 4.48 Å². The summed E-state index contributed by atoms with van der Waals surface area (Å²) in [6, 6.07) is 7.31. The van der Waals surface area contributed by atoms with Gasteiger partial charge in [-0.1, -0.05) is 41.4 Å². The van der Waals surface area contributed by atoms with E-state index in [-0.39, 0.29) is 0 Å². The molecule has 0 spiro atoms. The Hall–Kier alpha value is -1.83. The lowest BCUT2D eigenvalue weighted by Crippen LogP contribution is -2.24. The summed E-state index contributed by atoms with van der Waals surface area (Å²) in [5, 5.41) is 2.05. The van der Waals surface area contributed by atoms with E-state index in [4.69, 9.17) is 0 Å². The van der Waals surface area contributed by atoms with Crippen molar-refractivity contribution in [3.63, 3.8) is 0 Å². The fourth-order valence-electron chi connectivity index (χ4n) is 1.69. The molecule has 0 bridgehead atoms. The van der Waals surface area contributed by atoms with Gasteiger partial charge in [-0.15, -0.1) is 0 Å². The molecule has 0 radical (unpaired) electrons. The third-order valence-electron chi connectivity index (χ3n) is 2.34. The topological polar surface area (TPSA) is 4.93 Å². The van der Waals surface area contributed by atoms with E-state index in [1.165, 1.54) is 0 Å². The molecule has 1 aromatic carbocycles. The first kappa shape index (κ1) is 9.71. The second-order valence-corrected chi connectivity index (χ2v) is 3.65. The summed E-state index contributed by atoms with van der Waals surface area (Å²) in [6.07, 6.45) is 1.85. The molecule has 0 atom stereocenters. The van der Waals surface area contributed by atoms with Crippen molar-refractivity contribution in [3.05, 3.63) is 47.0 Å². The number of nitrogens with zero attached hydrogens (tertiary/aromatic N) is 1. The molecule has 0 aliphatic rings. The van der Waals surface area contributed by atoms with Gasteiger partial charge in [0, 0.05) is 10.6 Å². The third kappa shape index (κ3) is 1.48. The van der Waals surface area contributed by atoms with Gasteiger partial charge in [0.05, 0.1) is 10.9 Å².